The maximum Gasteiger partial charge on any atom is 0.306 e. The van der Waals surface area contributed by atoms with Crippen molar-refractivity contribution in [2.24, 2.45) is 0 Å². The minimum Gasteiger partial charge on any atom is -0.462 e. The van der Waals surface area contributed by atoms with Crippen LogP contribution in [0.25, 0.3) is 0 Å². The third kappa shape index (κ3) is 48.0. The van der Waals surface area contributed by atoms with E-state index >= 15 is 0 Å². The lowest BCUT2D eigenvalue weighted by Crippen LogP contribution is -2.30. The van der Waals surface area contributed by atoms with Gasteiger partial charge in [0.05, 0.1) is 0 Å². The van der Waals surface area contributed by atoms with E-state index in [4.69, 9.17) is 14.2 Å². The molecule has 352 valence electrons. The summed E-state index contributed by atoms with van der Waals surface area (Å²) in [6, 6.07) is 0. The number of hydrogen-bond acceptors (Lipinski definition) is 6. The van der Waals surface area contributed by atoms with Gasteiger partial charge in [-0.1, -0.05) is 223 Å². The van der Waals surface area contributed by atoms with E-state index < -0.39 is 6.10 Å². The SMILES string of the molecule is CC/C=C\C/C=C\C/C=C\CCCC(=O)OCC(COC(=O)CCCCCCC/C=C\C=C/CCCCCCCCC)OC(=O)CCCCCCCCCCCCCCCC. The van der Waals surface area contributed by atoms with Crippen LogP contribution in [0.3, 0.4) is 0 Å². The predicted octanol–water partition coefficient (Wildman–Crippen LogP) is 16.9. The third-order valence-corrected chi connectivity index (χ3v) is 11.0. The van der Waals surface area contributed by atoms with Gasteiger partial charge < -0.3 is 14.2 Å². The molecule has 61 heavy (non-hydrogen) atoms. The first-order valence-electron chi connectivity index (χ1n) is 25.8. The molecule has 0 amide bonds. The summed E-state index contributed by atoms with van der Waals surface area (Å²) in [5, 5.41) is 0. The van der Waals surface area contributed by atoms with Crippen molar-refractivity contribution >= 4 is 17.9 Å². The van der Waals surface area contributed by atoms with Gasteiger partial charge in [-0.05, 0) is 70.6 Å². The second kappa shape index (κ2) is 49.8. The average Bonchev–Trinajstić information content (AvgIpc) is 3.26. The molecule has 0 rings (SSSR count). The number of hydrogen-bond donors (Lipinski definition) is 0. The van der Waals surface area contributed by atoms with Crippen LogP contribution in [0.1, 0.15) is 252 Å². The molecule has 0 aromatic carbocycles. The number of allylic oxidation sites excluding steroid dienone is 10. The molecule has 0 bridgehead atoms. The summed E-state index contributed by atoms with van der Waals surface area (Å²) >= 11 is 0. The summed E-state index contributed by atoms with van der Waals surface area (Å²) in [6.45, 7) is 6.46. The zero-order chi connectivity index (χ0) is 44.4. The fourth-order valence-corrected chi connectivity index (χ4v) is 7.16. The molecular formula is C55H96O6. The summed E-state index contributed by atoms with van der Waals surface area (Å²) in [4.78, 5) is 37.9. The van der Waals surface area contributed by atoms with E-state index in [-0.39, 0.29) is 37.5 Å². The highest BCUT2D eigenvalue weighted by atomic mass is 16.6. The van der Waals surface area contributed by atoms with Gasteiger partial charge in [-0.3, -0.25) is 14.4 Å². The van der Waals surface area contributed by atoms with Crippen molar-refractivity contribution in [3.8, 4) is 0 Å². The molecule has 0 aliphatic carbocycles. The second-order valence-electron chi connectivity index (χ2n) is 17.1. The van der Waals surface area contributed by atoms with Crippen molar-refractivity contribution in [1.82, 2.24) is 0 Å². The predicted molar refractivity (Wildman–Crippen MR) is 261 cm³/mol. The normalized spacial score (nSPS) is 12.5. The zero-order valence-corrected chi connectivity index (χ0v) is 40.2. The molecule has 6 heteroatoms. The van der Waals surface area contributed by atoms with Crippen molar-refractivity contribution in [3.63, 3.8) is 0 Å². The highest BCUT2D eigenvalue weighted by molar-refractivity contribution is 5.71. The summed E-state index contributed by atoms with van der Waals surface area (Å²) < 4.78 is 16.7. The standard InChI is InChI=1S/C55H96O6/c1-4-7-10-13-16-19-22-24-26-27-28-29-31-33-36-39-42-45-48-54(57)60-51-52(50-59-53(56)47-44-41-38-35-32-21-18-15-12-9-6-3)61-55(58)49-46-43-40-37-34-30-25-23-20-17-14-11-8-5-2/h9,12,18,21,26-29,35,38,52H,4-8,10-11,13-17,19-20,22-25,30-34,36-37,39-51H2,1-3H3/b12-9-,21-18-,27-26-,29-28-,38-35-. The maximum atomic E-state index is 12.8. The zero-order valence-electron chi connectivity index (χ0n) is 40.2. The largest absolute Gasteiger partial charge is 0.462 e. The molecule has 6 nitrogen and oxygen atoms in total. The van der Waals surface area contributed by atoms with Gasteiger partial charge in [0.2, 0.25) is 0 Å². The van der Waals surface area contributed by atoms with E-state index in [9.17, 15) is 14.4 Å². The van der Waals surface area contributed by atoms with Gasteiger partial charge in [0, 0.05) is 19.3 Å². The first-order chi connectivity index (χ1) is 30.0. The van der Waals surface area contributed by atoms with Crippen molar-refractivity contribution in [2.45, 2.75) is 258 Å². The second-order valence-corrected chi connectivity index (χ2v) is 17.1. The van der Waals surface area contributed by atoms with E-state index in [1.165, 1.54) is 122 Å². The highest BCUT2D eigenvalue weighted by Gasteiger charge is 2.19. The third-order valence-electron chi connectivity index (χ3n) is 11.0. The monoisotopic (exact) mass is 853 g/mol. The van der Waals surface area contributed by atoms with Gasteiger partial charge in [0.25, 0.3) is 0 Å². The average molecular weight is 853 g/mol. The number of carbonyl (C=O) groups excluding carboxylic acids is 3. The van der Waals surface area contributed by atoms with Crippen molar-refractivity contribution in [2.75, 3.05) is 13.2 Å². The lowest BCUT2D eigenvalue weighted by Gasteiger charge is -2.18. The van der Waals surface area contributed by atoms with Crippen LogP contribution in [-0.2, 0) is 28.6 Å². The molecule has 0 aromatic heterocycles. The van der Waals surface area contributed by atoms with Crippen LogP contribution < -0.4 is 0 Å². The molecule has 0 N–H and O–H groups in total. The van der Waals surface area contributed by atoms with Crippen molar-refractivity contribution in [3.05, 3.63) is 60.8 Å². The summed E-state index contributed by atoms with van der Waals surface area (Å²) in [7, 11) is 0. The number of rotatable bonds is 46. The Morgan fingerprint density at radius 2 is 0.705 bits per heavy atom. The molecule has 0 heterocycles. The van der Waals surface area contributed by atoms with Crippen LogP contribution >= 0.6 is 0 Å². The van der Waals surface area contributed by atoms with Crippen molar-refractivity contribution in [1.29, 1.82) is 0 Å². The van der Waals surface area contributed by atoms with Gasteiger partial charge >= 0.3 is 17.9 Å². The summed E-state index contributed by atoms with van der Waals surface area (Å²) in [5.74, 6) is -0.961. The summed E-state index contributed by atoms with van der Waals surface area (Å²) in [6.07, 6.45) is 60.7. The van der Waals surface area contributed by atoms with Crippen LogP contribution in [-0.4, -0.2) is 37.2 Å². The molecular weight excluding hydrogens is 757 g/mol. The van der Waals surface area contributed by atoms with Crippen LogP contribution in [0.5, 0.6) is 0 Å². The van der Waals surface area contributed by atoms with E-state index in [0.717, 1.165) is 83.5 Å². The minimum absolute atomic E-state index is 0.0963. The number of carbonyl (C=O) groups is 3. The first kappa shape index (κ1) is 58.1. The Labute approximate surface area is 377 Å². The van der Waals surface area contributed by atoms with Gasteiger partial charge in [-0.25, -0.2) is 0 Å². The minimum atomic E-state index is -0.797. The smallest absolute Gasteiger partial charge is 0.306 e. The quantitative estimate of drug-likeness (QED) is 0.0200. The highest BCUT2D eigenvalue weighted by Crippen LogP contribution is 2.15. The van der Waals surface area contributed by atoms with Gasteiger partial charge in [0.15, 0.2) is 6.10 Å². The van der Waals surface area contributed by atoms with Crippen LogP contribution in [0.2, 0.25) is 0 Å². The fraction of sp³-hybridized carbons (Fsp3) is 0.764. The van der Waals surface area contributed by atoms with Crippen molar-refractivity contribution < 1.29 is 28.6 Å². The van der Waals surface area contributed by atoms with Crippen LogP contribution in [0, 0.1) is 0 Å². The Balaban J connectivity index is 4.40. The Kier molecular flexibility index (Phi) is 47.4. The Hall–Kier alpha value is -2.89. The van der Waals surface area contributed by atoms with Crippen LogP contribution in [0.4, 0.5) is 0 Å². The first-order valence-corrected chi connectivity index (χ1v) is 25.8. The van der Waals surface area contributed by atoms with E-state index in [2.05, 4.69) is 81.5 Å². The molecule has 0 aromatic rings. The topological polar surface area (TPSA) is 78.9 Å². The Morgan fingerprint density at radius 1 is 0.361 bits per heavy atom. The molecule has 0 fully saturated rings. The Morgan fingerprint density at radius 3 is 1.15 bits per heavy atom. The molecule has 0 spiro atoms. The molecule has 0 aliphatic heterocycles. The molecule has 1 atom stereocenters. The molecule has 0 aliphatic rings. The lowest BCUT2D eigenvalue weighted by molar-refractivity contribution is -0.167. The fourth-order valence-electron chi connectivity index (χ4n) is 7.16. The summed E-state index contributed by atoms with van der Waals surface area (Å²) in [5.41, 5.74) is 0. The molecule has 0 saturated carbocycles. The van der Waals surface area contributed by atoms with Crippen LogP contribution in [0.15, 0.2) is 60.8 Å². The number of esters is 3. The van der Waals surface area contributed by atoms with Gasteiger partial charge in [-0.2, -0.15) is 0 Å². The van der Waals surface area contributed by atoms with E-state index in [0.29, 0.717) is 19.3 Å². The number of ether oxygens (including phenoxy) is 3. The lowest BCUT2D eigenvalue weighted by atomic mass is 10.0. The van der Waals surface area contributed by atoms with E-state index in [1.54, 1.807) is 0 Å². The van der Waals surface area contributed by atoms with Gasteiger partial charge in [-0.15, -0.1) is 0 Å². The Bertz CT molecular complexity index is 1120. The molecule has 0 radical (unpaired) electrons. The maximum absolute atomic E-state index is 12.8. The molecule has 0 saturated heterocycles. The van der Waals surface area contributed by atoms with Gasteiger partial charge in [0.1, 0.15) is 13.2 Å². The van der Waals surface area contributed by atoms with E-state index in [1.807, 2.05) is 0 Å². The molecule has 1 unspecified atom stereocenters. The number of unbranched alkanes of at least 4 members (excludes halogenated alkanes) is 26.